The van der Waals surface area contributed by atoms with Crippen molar-refractivity contribution in [3.05, 3.63) is 41.1 Å². The molecule has 1 atom stereocenters. The molecule has 1 saturated heterocycles. The first-order valence-electron chi connectivity index (χ1n) is 7.80. The highest BCUT2D eigenvalue weighted by molar-refractivity contribution is 6.47. The van der Waals surface area contributed by atoms with Gasteiger partial charge in [0.05, 0.1) is 12.7 Å². The third kappa shape index (κ3) is 4.40. The predicted octanol–water partition coefficient (Wildman–Crippen LogP) is 1.95. The van der Waals surface area contributed by atoms with E-state index in [0.717, 1.165) is 18.7 Å². The van der Waals surface area contributed by atoms with E-state index in [2.05, 4.69) is 10.6 Å². The maximum atomic E-state index is 12.1. The Morgan fingerprint density at radius 2 is 2.13 bits per heavy atom. The summed E-state index contributed by atoms with van der Waals surface area (Å²) in [6.07, 6.45) is 0.660. The molecule has 1 heterocycles. The number of nitrogens with one attached hydrogen (secondary N) is 3. The molecule has 1 aliphatic heterocycles. The lowest BCUT2D eigenvalue weighted by Crippen LogP contribution is -2.33. The SMILES string of the molecule is CC/C(N)=C(\C)C(=N)C(=O)Nc1ccc([C@H]2CNCCO2)cc1. The lowest BCUT2D eigenvalue weighted by molar-refractivity contribution is -0.110. The second-order valence-electron chi connectivity index (χ2n) is 5.52. The van der Waals surface area contributed by atoms with Gasteiger partial charge in [-0.15, -0.1) is 0 Å². The molecule has 1 aromatic rings. The van der Waals surface area contributed by atoms with Crippen LogP contribution >= 0.6 is 0 Å². The fourth-order valence-corrected chi connectivity index (χ4v) is 2.35. The summed E-state index contributed by atoms with van der Waals surface area (Å²) in [5, 5.41) is 13.9. The van der Waals surface area contributed by atoms with Crippen molar-refractivity contribution in [3.63, 3.8) is 0 Å². The number of nitrogens with two attached hydrogens (primary N) is 1. The van der Waals surface area contributed by atoms with E-state index in [4.69, 9.17) is 15.9 Å². The van der Waals surface area contributed by atoms with Crippen LogP contribution < -0.4 is 16.4 Å². The van der Waals surface area contributed by atoms with Crippen LogP contribution in [0, 0.1) is 5.41 Å². The molecule has 6 nitrogen and oxygen atoms in total. The molecule has 0 radical (unpaired) electrons. The van der Waals surface area contributed by atoms with Crippen LogP contribution in [0.2, 0.25) is 0 Å². The van der Waals surface area contributed by atoms with E-state index in [1.807, 2.05) is 31.2 Å². The van der Waals surface area contributed by atoms with Gasteiger partial charge in [0, 0.05) is 24.5 Å². The molecule has 0 saturated carbocycles. The number of carbonyl (C=O) groups excluding carboxylic acids is 1. The largest absolute Gasteiger partial charge is 0.402 e. The summed E-state index contributed by atoms with van der Waals surface area (Å²) in [6, 6.07) is 7.50. The van der Waals surface area contributed by atoms with Crippen LogP contribution in [-0.4, -0.2) is 31.3 Å². The van der Waals surface area contributed by atoms with Gasteiger partial charge >= 0.3 is 0 Å². The topological polar surface area (TPSA) is 100 Å². The van der Waals surface area contributed by atoms with Crippen LogP contribution in [0.25, 0.3) is 0 Å². The van der Waals surface area contributed by atoms with Crippen LogP contribution in [-0.2, 0) is 9.53 Å². The Morgan fingerprint density at radius 3 is 2.70 bits per heavy atom. The molecule has 2 rings (SSSR count). The molecule has 0 unspecified atom stereocenters. The van der Waals surface area contributed by atoms with Crippen LogP contribution in [0.4, 0.5) is 5.69 Å². The smallest absolute Gasteiger partial charge is 0.273 e. The van der Waals surface area contributed by atoms with Crippen molar-refractivity contribution in [3.8, 4) is 0 Å². The highest BCUT2D eigenvalue weighted by atomic mass is 16.5. The maximum absolute atomic E-state index is 12.1. The van der Waals surface area contributed by atoms with Gasteiger partial charge in [0.15, 0.2) is 0 Å². The molecule has 1 fully saturated rings. The van der Waals surface area contributed by atoms with E-state index in [1.54, 1.807) is 6.92 Å². The molecule has 6 heteroatoms. The summed E-state index contributed by atoms with van der Waals surface area (Å²) >= 11 is 0. The Bertz CT molecular complexity index is 602. The predicted molar refractivity (Wildman–Crippen MR) is 91.5 cm³/mol. The Hall–Kier alpha value is -2.18. The summed E-state index contributed by atoms with van der Waals surface area (Å²) in [7, 11) is 0. The number of carbonyl (C=O) groups is 1. The number of hydrogen-bond acceptors (Lipinski definition) is 5. The Morgan fingerprint density at radius 1 is 1.43 bits per heavy atom. The normalized spacial score (nSPS) is 19.0. The summed E-state index contributed by atoms with van der Waals surface area (Å²) in [5.41, 5.74) is 8.48. The van der Waals surface area contributed by atoms with E-state index >= 15 is 0 Å². The number of rotatable bonds is 5. The second kappa shape index (κ2) is 7.89. The van der Waals surface area contributed by atoms with Gasteiger partial charge in [-0.25, -0.2) is 0 Å². The minimum Gasteiger partial charge on any atom is -0.402 e. The molecule has 0 bridgehead atoms. The number of benzene rings is 1. The monoisotopic (exact) mass is 316 g/mol. The summed E-state index contributed by atoms with van der Waals surface area (Å²) < 4.78 is 5.69. The highest BCUT2D eigenvalue weighted by Crippen LogP contribution is 2.20. The van der Waals surface area contributed by atoms with Gasteiger partial charge in [0.2, 0.25) is 0 Å². The lowest BCUT2D eigenvalue weighted by atomic mass is 10.1. The molecule has 124 valence electrons. The third-order valence-corrected chi connectivity index (χ3v) is 3.93. The molecule has 5 N–H and O–H groups in total. The van der Waals surface area contributed by atoms with Crippen molar-refractivity contribution in [1.82, 2.24) is 5.32 Å². The Labute approximate surface area is 136 Å². The Balaban J connectivity index is 2.00. The zero-order valence-electron chi connectivity index (χ0n) is 13.6. The third-order valence-electron chi connectivity index (χ3n) is 3.93. The van der Waals surface area contributed by atoms with Gasteiger partial charge in [-0.1, -0.05) is 19.1 Å². The maximum Gasteiger partial charge on any atom is 0.273 e. The number of hydrogen-bond donors (Lipinski definition) is 4. The number of allylic oxidation sites excluding steroid dienone is 1. The van der Waals surface area contributed by atoms with E-state index in [1.165, 1.54) is 0 Å². The van der Waals surface area contributed by atoms with Crippen LogP contribution in [0.15, 0.2) is 35.5 Å². The van der Waals surface area contributed by atoms with Crippen LogP contribution in [0.5, 0.6) is 0 Å². The number of ether oxygens (including phenoxy) is 1. The van der Waals surface area contributed by atoms with Crippen molar-refractivity contribution < 1.29 is 9.53 Å². The Kier molecular flexibility index (Phi) is 5.90. The number of amides is 1. The molecule has 1 amide bonds. The fourth-order valence-electron chi connectivity index (χ4n) is 2.35. The molecular weight excluding hydrogens is 292 g/mol. The van der Waals surface area contributed by atoms with E-state index in [-0.39, 0.29) is 11.8 Å². The van der Waals surface area contributed by atoms with Gasteiger partial charge in [0.25, 0.3) is 5.91 Å². The zero-order chi connectivity index (χ0) is 16.8. The van der Waals surface area contributed by atoms with Crippen molar-refractivity contribution in [1.29, 1.82) is 5.41 Å². The molecule has 1 aromatic carbocycles. The molecule has 23 heavy (non-hydrogen) atoms. The molecule has 0 aliphatic carbocycles. The van der Waals surface area contributed by atoms with Crippen molar-refractivity contribution >= 4 is 17.3 Å². The fraction of sp³-hybridized carbons (Fsp3) is 0.412. The van der Waals surface area contributed by atoms with Gasteiger partial charge in [0.1, 0.15) is 5.71 Å². The van der Waals surface area contributed by atoms with Gasteiger partial charge in [-0.3, -0.25) is 10.2 Å². The first-order chi connectivity index (χ1) is 11.0. The van der Waals surface area contributed by atoms with Crippen LogP contribution in [0.3, 0.4) is 0 Å². The van der Waals surface area contributed by atoms with Crippen molar-refractivity contribution in [2.24, 2.45) is 5.73 Å². The van der Waals surface area contributed by atoms with Gasteiger partial charge in [-0.2, -0.15) is 0 Å². The highest BCUT2D eigenvalue weighted by Gasteiger charge is 2.16. The van der Waals surface area contributed by atoms with Gasteiger partial charge < -0.3 is 21.1 Å². The average Bonchev–Trinajstić information content (AvgIpc) is 2.61. The zero-order valence-corrected chi connectivity index (χ0v) is 13.6. The minimum atomic E-state index is -0.456. The summed E-state index contributed by atoms with van der Waals surface area (Å²) in [4.78, 5) is 12.1. The molecule has 0 spiro atoms. The second-order valence-corrected chi connectivity index (χ2v) is 5.52. The van der Waals surface area contributed by atoms with Crippen molar-refractivity contribution in [2.45, 2.75) is 26.4 Å². The minimum absolute atomic E-state index is 0.0429. The average molecular weight is 316 g/mol. The lowest BCUT2D eigenvalue weighted by Gasteiger charge is -2.24. The van der Waals surface area contributed by atoms with E-state index in [9.17, 15) is 4.79 Å². The molecule has 0 aromatic heterocycles. The quantitative estimate of drug-likeness (QED) is 0.624. The van der Waals surface area contributed by atoms with Crippen molar-refractivity contribution in [2.75, 3.05) is 25.0 Å². The first kappa shape index (κ1) is 17.2. The molecular formula is C17H24N4O2. The summed E-state index contributed by atoms with van der Waals surface area (Å²) in [6.45, 7) is 5.95. The van der Waals surface area contributed by atoms with Crippen LogP contribution in [0.1, 0.15) is 31.9 Å². The first-order valence-corrected chi connectivity index (χ1v) is 7.80. The van der Waals surface area contributed by atoms with Gasteiger partial charge in [-0.05, 0) is 36.6 Å². The molecule has 1 aliphatic rings. The van der Waals surface area contributed by atoms with E-state index < -0.39 is 5.91 Å². The standard InChI is InChI=1S/C17H24N4O2/c1-3-14(18)11(2)16(19)17(22)21-13-6-4-12(5-7-13)15-10-20-8-9-23-15/h4-7,15,19-20H,3,8-10,18H2,1-2H3,(H,21,22)/b14-11-,19-16?/t15-/m1/s1. The number of morpholine rings is 1. The summed E-state index contributed by atoms with van der Waals surface area (Å²) in [5.74, 6) is -0.456. The number of anilines is 1. The van der Waals surface area contributed by atoms with E-state index in [0.29, 0.717) is 30.0 Å².